The van der Waals surface area contributed by atoms with E-state index in [1.165, 1.54) is 0 Å². The van der Waals surface area contributed by atoms with Crippen molar-refractivity contribution >= 4 is 5.97 Å². The average Bonchev–Trinajstić information content (AvgIpc) is 2.73. The highest BCUT2D eigenvalue weighted by atomic mass is 16.5. The molecule has 0 radical (unpaired) electrons. The molecule has 0 unspecified atom stereocenters. The highest BCUT2D eigenvalue weighted by Crippen LogP contribution is 2.00. The van der Waals surface area contributed by atoms with E-state index in [9.17, 15) is 4.79 Å². The molecule has 7 heteroatoms. The summed E-state index contributed by atoms with van der Waals surface area (Å²) in [6.45, 7) is 5.91. The molecule has 1 rings (SSSR count). The summed E-state index contributed by atoms with van der Waals surface area (Å²) < 4.78 is 6.67. The van der Waals surface area contributed by atoms with Crippen molar-refractivity contribution in [3.05, 3.63) is 5.82 Å². The van der Waals surface area contributed by atoms with E-state index in [1.54, 1.807) is 11.6 Å². The predicted octanol–water partition coefficient (Wildman–Crippen LogP) is 0.468. The number of carbonyl (C=O) groups is 1. The van der Waals surface area contributed by atoms with Gasteiger partial charge in [-0.3, -0.25) is 9.69 Å². The third-order valence-corrected chi connectivity index (χ3v) is 2.45. The van der Waals surface area contributed by atoms with Gasteiger partial charge in [0.2, 0.25) is 0 Å². The van der Waals surface area contributed by atoms with Crippen LogP contribution in [0.3, 0.4) is 0 Å². The summed E-state index contributed by atoms with van der Waals surface area (Å²) >= 11 is 0. The van der Waals surface area contributed by atoms with Crippen LogP contribution in [0.5, 0.6) is 0 Å². The largest absolute Gasteiger partial charge is 0.465 e. The Morgan fingerprint density at radius 3 is 2.89 bits per heavy atom. The highest BCUT2D eigenvalue weighted by Gasteiger charge is 2.12. The SMILES string of the molecule is CCCCn1nnnc1CN(C)CC(=O)OCC. The standard InChI is InChI=1S/C11H21N5O2/c1-4-6-7-16-10(12-13-14-16)8-15(3)9-11(17)18-5-2/h4-9H2,1-3H3. The van der Waals surface area contributed by atoms with Crippen molar-refractivity contribution < 1.29 is 9.53 Å². The number of esters is 1. The van der Waals surface area contributed by atoms with Gasteiger partial charge in [-0.05, 0) is 30.8 Å². The number of nitrogens with zero attached hydrogens (tertiary/aromatic N) is 5. The fourth-order valence-electron chi connectivity index (χ4n) is 1.54. The second-order valence-electron chi connectivity index (χ2n) is 4.15. The minimum atomic E-state index is -0.229. The first kappa shape index (κ1) is 14.6. The fourth-order valence-corrected chi connectivity index (χ4v) is 1.54. The number of aromatic nitrogens is 4. The van der Waals surface area contributed by atoms with E-state index in [0.717, 1.165) is 25.2 Å². The maximum atomic E-state index is 11.3. The third-order valence-electron chi connectivity index (χ3n) is 2.45. The molecule has 0 aliphatic carbocycles. The van der Waals surface area contributed by atoms with E-state index in [1.807, 2.05) is 11.9 Å². The van der Waals surface area contributed by atoms with Crippen LogP contribution < -0.4 is 0 Å². The van der Waals surface area contributed by atoms with Gasteiger partial charge in [0.15, 0.2) is 5.82 Å². The van der Waals surface area contributed by atoms with Crippen LogP contribution in [0.25, 0.3) is 0 Å². The molecule has 1 aromatic heterocycles. The Morgan fingerprint density at radius 2 is 2.22 bits per heavy atom. The number of unbranched alkanes of at least 4 members (excludes halogenated alkanes) is 1. The van der Waals surface area contributed by atoms with Crippen LogP contribution in [0, 0.1) is 0 Å². The second-order valence-corrected chi connectivity index (χ2v) is 4.15. The Morgan fingerprint density at radius 1 is 1.44 bits per heavy atom. The third kappa shape index (κ3) is 4.79. The van der Waals surface area contributed by atoms with Gasteiger partial charge in [-0.2, -0.15) is 0 Å². The Kier molecular flexibility index (Phi) is 6.27. The van der Waals surface area contributed by atoms with E-state index >= 15 is 0 Å². The molecule has 0 saturated carbocycles. The number of hydrogen-bond acceptors (Lipinski definition) is 6. The molecule has 0 aliphatic heterocycles. The molecular formula is C11H21N5O2. The smallest absolute Gasteiger partial charge is 0.320 e. The Labute approximate surface area is 107 Å². The summed E-state index contributed by atoms with van der Waals surface area (Å²) in [6, 6.07) is 0. The van der Waals surface area contributed by atoms with Crippen LogP contribution in [0.1, 0.15) is 32.5 Å². The molecule has 1 heterocycles. The Hall–Kier alpha value is -1.50. The van der Waals surface area contributed by atoms with Gasteiger partial charge in [-0.25, -0.2) is 4.68 Å². The number of ether oxygens (including phenoxy) is 1. The molecule has 0 fully saturated rings. The first-order valence-corrected chi connectivity index (χ1v) is 6.26. The van der Waals surface area contributed by atoms with Crippen LogP contribution in [-0.4, -0.2) is 51.3 Å². The zero-order chi connectivity index (χ0) is 13.4. The van der Waals surface area contributed by atoms with Crippen molar-refractivity contribution in [1.29, 1.82) is 0 Å². The van der Waals surface area contributed by atoms with Gasteiger partial charge >= 0.3 is 5.97 Å². The second kappa shape index (κ2) is 7.75. The van der Waals surface area contributed by atoms with Crippen molar-refractivity contribution in [1.82, 2.24) is 25.1 Å². The van der Waals surface area contributed by atoms with Gasteiger partial charge in [0, 0.05) is 6.54 Å². The lowest BCUT2D eigenvalue weighted by atomic mass is 10.3. The lowest BCUT2D eigenvalue weighted by Crippen LogP contribution is -2.28. The van der Waals surface area contributed by atoms with Crippen molar-refractivity contribution in [2.24, 2.45) is 0 Å². The molecule has 102 valence electrons. The zero-order valence-electron chi connectivity index (χ0n) is 11.3. The van der Waals surface area contributed by atoms with E-state index in [-0.39, 0.29) is 12.5 Å². The summed E-state index contributed by atoms with van der Waals surface area (Å²) in [5.41, 5.74) is 0. The number of aryl methyl sites for hydroxylation is 1. The summed E-state index contributed by atoms with van der Waals surface area (Å²) in [6.07, 6.45) is 2.14. The van der Waals surface area contributed by atoms with Crippen LogP contribution >= 0.6 is 0 Å². The van der Waals surface area contributed by atoms with Gasteiger partial charge in [0.1, 0.15) is 0 Å². The average molecular weight is 255 g/mol. The first-order chi connectivity index (χ1) is 8.67. The van der Waals surface area contributed by atoms with Crippen molar-refractivity contribution in [2.75, 3.05) is 20.2 Å². The lowest BCUT2D eigenvalue weighted by Gasteiger charge is -2.14. The summed E-state index contributed by atoms with van der Waals surface area (Å²) in [7, 11) is 1.84. The van der Waals surface area contributed by atoms with Crippen molar-refractivity contribution in [3.8, 4) is 0 Å². The van der Waals surface area contributed by atoms with Crippen LogP contribution in [0.15, 0.2) is 0 Å². The molecule has 7 nitrogen and oxygen atoms in total. The van der Waals surface area contributed by atoms with Gasteiger partial charge in [0.25, 0.3) is 0 Å². The molecule has 0 aliphatic rings. The summed E-state index contributed by atoms with van der Waals surface area (Å²) in [4.78, 5) is 13.2. The zero-order valence-corrected chi connectivity index (χ0v) is 11.3. The van der Waals surface area contributed by atoms with Crippen LogP contribution in [0.2, 0.25) is 0 Å². The van der Waals surface area contributed by atoms with E-state index < -0.39 is 0 Å². The van der Waals surface area contributed by atoms with Crippen molar-refractivity contribution in [2.45, 2.75) is 39.8 Å². The minimum absolute atomic E-state index is 0.229. The Bertz CT molecular complexity index is 366. The summed E-state index contributed by atoms with van der Waals surface area (Å²) in [5.74, 6) is 0.544. The first-order valence-electron chi connectivity index (χ1n) is 6.26. The maximum absolute atomic E-state index is 11.3. The monoisotopic (exact) mass is 255 g/mol. The number of tetrazole rings is 1. The topological polar surface area (TPSA) is 73.1 Å². The molecule has 0 bridgehead atoms. The fraction of sp³-hybridized carbons (Fsp3) is 0.818. The van der Waals surface area contributed by atoms with Crippen molar-refractivity contribution in [3.63, 3.8) is 0 Å². The van der Waals surface area contributed by atoms with Gasteiger partial charge in [-0.1, -0.05) is 13.3 Å². The quantitative estimate of drug-likeness (QED) is 0.629. The number of likely N-dealkylation sites (N-methyl/N-ethyl adjacent to an activating group) is 1. The molecule has 0 saturated heterocycles. The number of hydrogen-bond donors (Lipinski definition) is 0. The minimum Gasteiger partial charge on any atom is -0.465 e. The van der Waals surface area contributed by atoms with Crippen LogP contribution in [-0.2, 0) is 22.6 Å². The van der Waals surface area contributed by atoms with E-state index in [2.05, 4.69) is 22.4 Å². The number of carbonyl (C=O) groups excluding carboxylic acids is 1. The normalized spacial score (nSPS) is 10.9. The van der Waals surface area contributed by atoms with Gasteiger partial charge in [-0.15, -0.1) is 5.10 Å². The molecule has 0 amide bonds. The molecule has 0 atom stereocenters. The molecule has 0 N–H and O–H groups in total. The van der Waals surface area contributed by atoms with Gasteiger partial charge < -0.3 is 4.74 Å². The molecule has 0 aromatic carbocycles. The highest BCUT2D eigenvalue weighted by molar-refractivity contribution is 5.71. The number of rotatable bonds is 8. The molecule has 18 heavy (non-hydrogen) atoms. The van der Waals surface area contributed by atoms with E-state index in [0.29, 0.717) is 13.2 Å². The lowest BCUT2D eigenvalue weighted by molar-refractivity contribution is -0.144. The summed E-state index contributed by atoms with van der Waals surface area (Å²) in [5, 5.41) is 11.6. The van der Waals surface area contributed by atoms with Gasteiger partial charge in [0.05, 0.1) is 19.7 Å². The molecule has 1 aromatic rings. The molecular weight excluding hydrogens is 234 g/mol. The Balaban J connectivity index is 2.45. The molecule has 0 spiro atoms. The van der Waals surface area contributed by atoms with E-state index in [4.69, 9.17) is 4.74 Å². The maximum Gasteiger partial charge on any atom is 0.320 e. The van der Waals surface area contributed by atoms with Crippen LogP contribution in [0.4, 0.5) is 0 Å². The predicted molar refractivity (Wildman–Crippen MR) is 65.7 cm³/mol.